The summed E-state index contributed by atoms with van der Waals surface area (Å²) in [6.07, 6.45) is 0.109. The number of rotatable bonds is 5. The van der Waals surface area contributed by atoms with Crippen molar-refractivity contribution in [1.29, 1.82) is 0 Å². The fourth-order valence-electron chi connectivity index (χ4n) is 2.04. The summed E-state index contributed by atoms with van der Waals surface area (Å²) >= 11 is 0. The molecule has 0 aliphatic carbocycles. The Hall–Kier alpha value is -3.02. The van der Waals surface area contributed by atoms with Crippen molar-refractivity contribution in [1.82, 2.24) is 0 Å². The van der Waals surface area contributed by atoms with Gasteiger partial charge in [0.1, 0.15) is 5.75 Å². The van der Waals surface area contributed by atoms with Gasteiger partial charge in [-0.15, -0.1) is 0 Å². The van der Waals surface area contributed by atoms with E-state index in [-0.39, 0.29) is 18.1 Å². The SMILES string of the molecule is COC(=O)Nc1cccc(NC(=O)CCc2ccccc2O)c1. The fraction of sp³-hybridized carbons (Fsp3) is 0.176. The van der Waals surface area contributed by atoms with E-state index in [1.807, 2.05) is 6.07 Å². The Morgan fingerprint density at radius 2 is 1.74 bits per heavy atom. The standard InChI is InChI=1S/C17H18N2O4/c1-23-17(22)19-14-7-4-6-13(11-14)18-16(21)10-9-12-5-2-3-8-15(12)20/h2-8,11,20H,9-10H2,1H3,(H,18,21)(H,19,22). The number of phenolic OH excluding ortho intramolecular Hbond substituents is 1. The summed E-state index contributed by atoms with van der Waals surface area (Å²) < 4.78 is 4.51. The summed E-state index contributed by atoms with van der Waals surface area (Å²) in [6, 6.07) is 13.7. The molecule has 0 radical (unpaired) electrons. The first-order valence-corrected chi connectivity index (χ1v) is 7.10. The largest absolute Gasteiger partial charge is 0.508 e. The number of aryl methyl sites for hydroxylation is 1. The maximum atomic E-state index is 12.0. The van der Waals surface area contributed by atoms with Gasteiger partial charge in [-0.1, -0.05) is 24.3 Å². The Kier molecular flexibility index (Phi) is 5.57. The molecule has 2 rings (SSSR count). The lowest BCUT2D eigenvalue weighted by molar-refractivity contribution is -0.116. The number of benzene rings is 2. The number of amides is 2. The molecule has 0 atom stereocenters. The average Bonchev–Trinajstić information content (AvgIpc) is 2.54. The van der Waals surface area contributed by atoms with E-state index < -0.39 is 6.09 Å². The third-order valence-electron chi connectivity index (χ3n) is 3.19. The summed E-state index contributed by atoms with van der Waals surface area (Å²) in [6.45, 7) is 0. The van der Waals surface area contributed by atoms with Crippen LogP contribution in [0.15, 0.2) is 48.5 Å². The number of para-hydroxylation sites is 1. The number of anilines is 2. The van der Waals surface area contributed by atoms with E-state index in [1.54, 1.807) is 42.5 Å². The van der Waals surface area contributed by atoms with Gasteiger partial charge in [-0.2, -0.15) is 0 Å². The molecule has 0 bridgehead atoms. The second-order valence-electron chi connectivity index (χ2n) is 4.87. The van der Waals surface area contributed by atoms with E-state index >= 15 is 0 Å². The van der Waals surface area contributed by atoms with E-state index in [0.717, 1.165) is 5.56 Å². The van der Waals surface area contributed by atoms with Crippen LogP contribution in [0.2, 0.25) is 0 Å². The first kappa shape index (κ1) is 16.4. The van der Waals surface area contributed by atoms with Gasteiger partial charge in [0.05, 0.1) is 7.11 Å². The maximum Gasteiger partial charge on any atom is 0.411 e. The molecule has 120 valence electrons. The number of carbonyl (C=O) groups is 2. The van der Waals surface area contributed by atoms with Crippen molar-refractivity contribution in [3.63, 3.8) is 0 Å². The Labute approximate surface area is 134 Å². The van der Waals surface area contributed by atoms with Gasteiger partial charge in [0.15, 0.2) is 0 Å². The molecule has 0 fully saturated rings. The van der Waals surface area contributed by atoms with Crippen LogP contribution < -0.4 is 10.6 Å². The third-order valence-corrected chi connectivity index (χ3v) is 3.19. The molecule has 0 aromatic heterocycles. The maximum absolute atomic E-state index is 12.0. The molecule has 0 saturated heterocycles. The highest BCUT2D eigenvalue weighted by Crippen LogP contribution is 2.19. The van der Waals surface area contributed by atoms with Gasteiger partial charge in [0.25, 0.3) is 0 Å². The van der Waals surface area contributed by atoms with Crippen LogP contribution in [0.5, 0.6) is 5.75 Å². The van der Waals surface area contributed by atoms with Gasteiger partial charge in [0.2, 0.25) is 5.91 Å². The van der Waals surface area contributed by atoms with Crippen LogP contribution in [0.3, 0.4) is 0 Å². The summed E-state index contributed by atoms with van der Waals surface area (Å²) in [5.74, 6) is 0.00745. The van der Waals surface area contributed by atoms with Crippen molar-refractivity contribution in [3.8, 4) is 5.75 Å². The predicted octanol–water partition coefficient (Wildman–Crippen LogP) is 3.14. The molecule has 2 aromatic carbocycles. The number of hydrogen-bond donors (Lipinski definition) is 3. The van der Waals surface area contributed by atoms with Crippen LogP contribution in [0, 0.1) is 0 Å². The summed E-state index contributed by atoms with van der Waals surface area (Å²) in [5, 5.41) is 14.9. The summed E-state index contributed by atoms with van der Waals surface area (Å²) in [7, 11) is 1.28. The zero-order chi connectivity index (χ0) is 16.7. The van der Waals surface area contributed by atoms with Crippen molar-refractivity contribution in [2.75, 3.05) is 17.7 Å². The summed E-state index contributed by atoms with van der Waals surface area (Å²) in [4.78, 5) is 23.1. The fourth-order valence-corrected chi connectivity index (χ4v) is 2.04. The quantitative estimate of drug-likeness (QED) is 0.791. The topological polar surface area (TPSA) is 87.7 Å². The van der Waals surface area contributed by atoms with Gasteiger partial charge in [0, 0.05) is 17.8 Å². The zero-order valence-electron chi connectivity index (χ0n) is 12.7. The molecule has 0 saturated carbocycles. The first-order chi connectivity index (χ1) is 11.1. The first-order valence-electron chi connectivity index (χ1n) is 7.10. The van der Waals surface area contributed by atoms with Crippen molar-refractivity contribution < 1.29 is 19.4 Å². The highest BCUT2D eigenvalue weighted by molar-refractivity contribution is 5.92. The second kappa shape index (κ2) is 7.84. The molecule has 23 heavy (non-hydrogen) atoms. The number of methoxy groups -OCH3 is 1. The van der Waals surface area contributed by atoms with E-state index in [2.05, 4.69) is 15.4 Å². The lowest BCUT2D eigenvalue weighted by Gasteiger charge is -2.08. The minimum atomic E-state index is -0.576. The molecule has 0 spiro atoms. The molecule has 2 amide bonds. The van der Waals surface area contributed by atoms with Gasteiger partial charge < -0.3 is 15.2 Å². The van der Waals surface area contributed by atoms with E-state index in [1.165, 1.54) is 7.11 Å². The number of aromatic hydroxyl groups is 1. The van der Waals surface area contributed by atoms with Crippen LogP contribution >= 0.6 is 0 Å². The molecular weight excluding hydrogens is 296 g/mol. The van der Waals surface area contributed by atoms with Gasteiger partial charge in [-0.05, 0) is 36.2 Å². The molecule has 0 unspecified atom stereocenters. The summed E-state index contributed by atoms with van der Waals surface area (Å²) in [5.41, 5.74) is 1.82. The van der Waals surface area contributed by atoms with Crippen LogP contribution in [0.4, 0.5) is 16.2 Å². The molecule has 0 aliphatic heterocycles. The van der Waals surface area contributed by atoms with E-state index in [9.17, 15) is 14.7 Å². The molecule has 0 aliphatic rings. The lowest BCUT2D eigenvalue weighted by atomic mass is 10.1. The number of hydrogen-bond acceptors (Lipinski definition) is 4. The van der Waals surface area contributed by atoms with Crippen LogP contribution in [-0.2, 0) is 16.0 Å². The van der Waals surface area contributed by atoms with Crippen LogP contribution in [-0.4, -0.2) is 24.2 Å². The van der Waals surface area contributed by atoms with Crippen molar-refractivity contribution >= 4 is 23.4 Å². The zero-order valence-corrected chi connectivity index (χ0v) is 12.7. The monoisotopic (exact) mass is 314 g/mol. The van der Waals surface area contributed by atoms with Crippen molar-refractivity contribution in [2.24, 2.45) is 0 Å². The molecular formula is C17H18N2O4. The Morgan fingerprint density at radius 3 is 2.43 bits per heavy atom. The van der Waals surface area contributed by atoms with Crippen molar-refractivity contribution in [2.45, 2.75) is 12.8 Å². The third kappa shape index (κ3) is 5.03. The lowest BCUT2D eigenvalue weighted by Crippen LogP contribution is -2.14. The van der Waals surface area contributed by atoms with E-state index in [4.69, 9.17) is 0 Å². The molecule has 2 aromatic rings. The number of nitrogens with one attached hydrogen (secondary N) is 2. The van der Waals surface area contributed by atoms with Gasteiger partial charge in [-0.3, -0.25) is 10.1 Å². The van der Waals surface area contributed by atoms with E-state index in [0.29, 0.717) is 17.8 Å². The second-order valence-corrected chi connectivity index (χ2v) is 4.87. The smallest absolute Gasteiger partial charge is 0.411 e. The normalized spacial score (nSPS) is 9.96. The van der Waals surface area contributed by atoms with Crippen LogP contribution in [0.25, 0.3) is 0 Å². The van der Waals surface area contributed by atoms with Gasteiger partial charge in [-0.25, -0.2) is 4.79 Å². The average molecular weight is 314 g/mol. The predicted molar refractivity (Wildman–Crippen MR) is 87.5 cm³/mol. The Balaban J connectivity index is 1.91. The minimum Gasteiger partial charge on any atom is -0.508 e. The Morgan fingerprint density at radius 1 is 1.04 bits per heavy atom. The molecule has 3 N–H and O–H groups in total. The van der Waals surface area contributed by atoms with Crippen molar-refractivity contribution in [3.05, 3.63) is 54.1 Å². The molecule has 0 heterocycles. The number of carbonyl (C=O) groups excluding carboxylic acids is 2. The highest BCUT2D eigenvalue weighted by Gasteiger charge is 2.07. The number of ether oxygens (including phenoxy) is 1. The molecule has 6 heteroatoms. The Bertz CT molecular complexity index is 700. The van der Waals surface area contributed by atoms with Gasteiger partial charge >= 0.3 is 6.09 Å². The van der Waals surface area contributed by atoms with Crippen LogP contribution in [0.1, 0.15) is 12.0 Å². The minimum absolute atomic E-state index is 0.177. The molecule has 6 nitrogen and oxygen atoms in total. The highest BCUT2D eigenvalue weighted by atomic mass is 16.5. The number of phenols is 1.